The molecule has 0 radical (unpaired) electrons. The molecular formula is C18H14BrFN2O2. The van der Waals surface area contributed by atoms with Crippen LogP contribution in [0.3, 0.4) is 0 Å². The molecule has 24 heavy (non-hydrogen) atoms. The van der Waals surface area contributed by atoms with Gasteiger partial charge in [0.1, 0.15) is 0 Å². The number of fused-ring (bicyclic) bond motifs is 1. The van der Waals surface area contributed by atoms with Crippen molar-refractivity contribution < 1.29 is 14.3 Å². The van der Waals surface area contributed by atoms with Gasteiger partial charge in [0.25, 0.3) is 0 Å². The molecule has 0 aliphatic carbocycles. The van der Waals surface area contributed by atoms with E-state index in [0.29, 0.717) is 17.6 Å². The van der Waals surface area contributed by atoms with E-state index in [4.69, 9.17) is 0 Å². The maximum absolute atomic E-state index is 14.2. The van der Waals surface area contributed by atoms with Gasteiger partial charge in [-0.2, -0.15) is 0 Å². The minimum atomic E-state index is -0.753. The van der Waals surface area contributed by atoms with Gasteiger partial charge in [0.2, 0.25) is 0 Å². The van der Waals surface area contributed by atoms with E-state index in [1.54, 1.807) is 24.3 Å². The third kappa shape index (κ3) is 3.49. The first-order chi connectivity index (χ1) is 11.5. The van der Waals surface area contributed by atoms with Crippen LogP contribution >= 0.6 is 15.9 Å². The largest absolute Gasteiger partial charge is 0.505 e. The molecule has 0 saturated carbocycles. The summed E-state index contributed by atoms with van der Waals surface area (Å²) in [6.07, 6.45) is 0. The molecule has 0 heterocycles. The smallest absolute Gasteiger partial charge is 0.319 e. The Morgan fingerprint density at radius 3 is 2.58 bits per heavy atom. The summed E-state index contributed by atoms with van der Waals surface area (Å²) in [6, 6.07) is 15.0. The SMILES string of the molecule is O=C(NCc1ccc(Br)cc1)Nc1cccc2ccc(O)c(F)c12. The van der Waals surface area contributed by atoms with Gasteiger partial charge in [0.15, 0.2) is 11.6 Å². The van der Waals surface area contributed by atoms with Crippen LogP contribution in [0.2, 0.25) is 0 Å². The Hall–Kier alpha value is -2.60. The second kappa shape index (κ2) is 6.88. The Morgan fingerprint density at radius 2 is 1.83 bits per heavy atom. The number of urea groups is 1. The number of aromatic hydroxyl groups is 1. The third-order valence-corrected chi connectivity index (χ3v) is 4.11. The lowest BCUT2D eigenvalue weighted by molar-refractivity contribution is 0.252. The summed E-state index contributed by atoms with van der Waals surface area (Å²) in [4.78, 5) is 12.1. The van der Waals surface area contributed by atoms with Crippen molar-refractivity contribution in [2.75, 3.05) is 5.32 Å². The molecule has 2 amide bonds. The summed E-state index contributed by atoms with van der Waals surface area (Å²) in [5, 5.41) is 15.7. The molecule has 3 aromatic rings. The van der Waals surface area contributed by atoms with Gasteiger partial charge in [0, 0.05) is 16.4 Å². The Balaban J connectivity index is 1.76. The Morgan fingerprint density at radius 1 is 1.08 bits per heavy atom. The number of phenolic OH excluding ortho intramolecular Hbond substituents is 1. The molecule has 3 aromatic carbocycles. The minimum Gasteiger partial charge on any atom is -0.505 e. The molecule has 6 heteroatoms. The first kappa shape index (κ1) is 16.3. The van der Waals surface area contributed by atoms with E-state index >= 15 is 0 Å². The van der Waals surface area contributed by atoms with Gasteiger partial charge in [-0.1, -0.05) is 46.3 Å². The molecule has 0 aliphatic rings. The van der Waals surface area contributed by atoms with Gasteiger partial charge >= 0.3 is 6.03 Å². The molecule has 3 N–H and O–H groups in total. The first-order valence-electron chi connectivity index (χ1n) is 7.24. The fourth-order valence-electron chi connectivity index (χ4n) is 2.38. The van der Waals surface area contributed by atoms with Gasteiger partial charge in [-0.15, -0.1) is 0 Å². The zero-order chi connectivity index (χ0) is 17.1. The molecule has 0 atom stereocenters. The molecule has 3 rings (SSSR count). The van der Waals surface area contributed by atoms with Crippen molar-refractivity contribution >= 4 is 38.4 Å². The summed E-state index contributed by atoms with van der Waals surface area (Å²) in [5.41, 5.74) is 1.24. The Labute approximate surface area is 146 Å². The van der Waals surface area contributed by atoms with Gasteiger partial charge in [-0.05, 0) is 35.2 Å². The second-order valence-corrected chi connectivity index (χ2v) is 6.15. The van der Waals surface area contributed by atoms with Crippen LogP contribution in [-0.2, 0) is 6.54 Å². The summed E-state index contributed by atoms with van der Waals surface area (Å²) >= 11 is 3.35. The highest BCUT2D eigenvalue weighted by Crippen LogP contribution is 2.31. The van der Waals surface area contributed by atoms with E-state index in [9.17, 15) is 14.3 Å². The van der Waals surface area contributed by atoms with Crippen LogP contribution in [0, 0.1) is 5.82 Å². The number of anilines is 1. The maximum atomic E-state index is 14.2. The number of amides is 2. The lowest BCUT2D eigenvalue weighted by Crippen LogP contribution is -2.28. The van der Waals surface area contributed by atoms with Crippen molar-refractivity contribution in [3.05, 3.63) is 70.5 Å². The monoisotopic (exact) mass is 388 g/mol. The molecule has 0 unspecified atom stereocenters. The average Bonchev–Trinajstić information content (AvgIpc) is 2.58. The summed E-state index contributed by atoms with van der Waals surface area (Å²) in [6.45, 7) is 0.345. The Kier molecular flexibility index (Phi) is 4.66. The molecule has 0 saturated heterocycles. The van der Waals surface area contributed by atoms with E-state index in [0.717, 1.165) is 10.0 Å². The molecule has 0 bridgehead atoms. The number of hydrogen-bond donors (Lipinski definition) is 3. The van der Waals surface area contributed by atoms with Gasteiger partial charge < -0.3 is 15.7 Å². The van der Waals surface area contributed by atoms with E-state index < -0.39 is 17.6 Å². The van der Waals surface area contributed by atoms with Crippen molar-refractivity contribution in [2.24, 2.45) is 0 Å². The van der Waals surface area contributed by atoms with Crippen molar-refractivity contribution in [3.8, 4) is 5.75 Å². The summed E-state index contributed by atoms with van der Waals surface area (Å²) in [5.74, 6) is -1.21. The third-order valence-electron chi connectivity index (χ3n) is 3.58. The van der Waals surface area contributed by atoms with Crippen molar-refractivity contribution in [2.45, 2.75) is 6.54 Å². The zero-order valence-electron chi connectivity index (χ0n) is 12.5. The van der Waals surface area contributed by atoms with E-state index in [2.05, 4.69) is 26.6 Å². The van der Waals surface area contributed by atoms with Crippen LogP contribution in [0.15, 0.2) is 59.1 Å². The van der Waals surface area contributed by atoms with Gasteiger partial charge in [0.05, 0.1) is 5.69 Å². The van der Waals surface area contributed by atoms with Crippen molar-refractivity contribution in [1.29, 1.82) is 0 Å². The lowest BCUT2D eigenvalue weighted by atomic mass is 10.1. The van der Waals surface area contributed by atoms with Crippen LogP contribution in [0.4, 0.5) is 14.9 Å². The molecule has 0 aromatic heterocycles. The molecule has 0 fully saturated rings. The highest BCUT2D eigenvalue weighted by molar-refractivity contribution is 9.10. The molecule has 0 spiro atoms. The summed E-state index contributed by atoms with van der Waals surface area (Å²) < 4.78 is 15.1. The second-order valence-electron chi connectivity index (χ2n) is 5.24. The van der Waals surface area contributed by atoms with E-state index in [-0.39, 0.29) is 5.39 Å². The average molecular weight is 389 g/mol. The highest BCUT2D eigenvalue weighted by Gasteiger charge is 2.12. The van der Waals surface area contributed by atoms with E-state index in [1.165, 1.54) is 6.07 Å². The van der Waals surface area contributed by atoms with Gasteiger partial charge in [-0.3, -0.25) is 0 Å². The van der Waals surface area contributed by atoms with Crippen molar-refractivity contribution in [3.63, 3.8) is 0 Å². The van der Waals surface area contributed by atoms with Gasteiger partial charge in [-0.25, -0.2) is 9.18 Å². The predicted octanol–water partition coefficient (Wildman–Crippen LogP) is 4.77. The van der Waals surface area contributed by atoms with Crippen LogP contribution < -0.4 is 10.6 Å². The van der Waals surface area contributed by atoms with Crippen LogP contribution in [0.1, 0.15) is 5.56 Å². The number of hydrogen-bond acceptors (Lipinski definition) is 2. The maximum Gasteiger partial charge on any atom is 0.319 e. The summed E-state index contributed by atoms with van der Waals surface area (Å²) in [7, 11) is 0. The van der Waals surface area contributed by atoms with Crippen LogP contribution in [0.5, 0.6) is 5.75 Å². The number of nitrogens with one attached hydrogen (secondary N) is 2. The van der Waals surface area contributed by atoms with Crippen molar-refractivity contribution in [1.82, 2.24) is 5.32 Å². The zero-order valence-corrected chi connectivity index (χ0v) is 14.1. The number of carbonyl (C=O) groups excluding carboxylic acids is 1. The fraction of sp³-hybridized carbons (Fsp3) is 0.0556. The fourth-order valence-corrected chi connectivity index (χ4v) is 2.64. The molecular weight excluding hydrogens is 375 g/mol. The normalized spacial score (nSPS) is 10.6. The number of halogens is 2. The molecule has 122 valence electrons. The lowest BCUT2D eigenvalue weighted by Gasteiger charge is -2.11. The predicted molar refractivity (Wildman–Crippen MR) is 95.6 cm³/mol. The first-order valence-corrected chi connectivity index (χ1v) is 8.03. The minimum absolute atomic E-state index is 0.177. The Bertz CT molecular complexity index is 897. The standard InChI is InChI=1S/C18H14BrFN2O2/c19-13-7-4-11(5-8-13)10-21-18(24)22-14-3-1-2-12-6-9-15(23)17(20)16(12)14/h1-9,23H,10H2,(H2,21,22,24). The topological polar surface area (TPSA) is 61.4 Å². The highest BCUT2D eigenvalue weighted by atomic mass is 79.9. The molecule has 0 aliphatic heterocycles. The van der Waals surface area contributed by atoms with E-state index in [1.807, 2.05) is 24.3 Å². The number of phenols is 1. The number of rotatable bonds is 3. The quantitative estimate of drug-likeness (QED) is 0.605. The number of benzene rings is 3. The number of carbonyl (C=O) groups is 1. The van der Waals surface area contributed by atoms with Crippen LogP contribution in [-0.4, -0.2) is 11.1 Å². The molecule has 4 nitrogen and oxygen atoms in total. The van der Waals surface area contributed by atoms with Crippen LogP contribution in [0.25, 0.3) is 10.8 Å².